The molecule has 5 aromatic rings. The average Bonchev–Trinajstić information content (AvgIpc) is 3.95. The third-order valence-corrected chi connectivity index (χ3v) is 13.6. The quantitative estimate of drug-likeness (QED) is 0.155. The van der Waals surface area contributed by atoms with Gasteiger partial charge in [-0.3, -0.25) is 19.8 Å². The van der Waals surface area contributed by atoms with Gasteiger partial charge < -0.3 is 10.2 Å². The molecule has 0 spiro atoms. The fourth-order valence-electron chi connectivity index (χ4n) is 10.1. The Balaban J connectivity index is 0.816. The zero-order valence-corrected chi connectivity index (χ0v) is 34.3. The highest BCUT2D eigenvalue weighted by atomic mass is 16.2. The number of nitrogens with one attached hydrogen (secondary N) is 2. The van der Waals surface area contributed by atoms with Crippen molar-refractivity contribution in [2.75, 3.05) is 29.9 Å². The molecule has 4 fully saturated rings. The van der Waals surface area contributed by atoms with Crippen LogP contribution in [0.4, 0.5) is 11.4 Å². The molecule has 4 atom stereocenters. The minimum absolute atomic E-state index is 0.184. The van der Waals surface area contributed by atoms with E-state index < -0.39 is 11.5 Å². The summed E-state index contributed by atoms with van der Waals surface area (Å²) in [6.07, 6.45) is 18.3. The molecule has 0 bridgehead atoms. The van der Waals surface area contributed by atoms with Gasteiger partial charge in [0.1, 0.15) is 17.8 Å². The lowest BCUT2D eigenvalue weighted by atomic mass is 9.75. The van der Waals surface area contributed by atoms with Crippen molar-refractivity contribution in [2.45, 2.75) is 114 Å². The molecule has 2 amide bonds. The highest BCUT2D eigenvalue weighted by Crippen LogP contribution is 2.40. The number of nitriles is 2. The Morgan fingerprint density at radius 3 is 2.55 bits per heavy atom. The van der Waals surface area contributed by atoms with E-state index in [9.17, 15) is 20.1 Å². The van der Waals surface area contributed by atoms with Crippen LogP contribution < -0.4 is 15.5 Å². The molecule has 3 saturated heterocycles. The second-order valence-corrected chi connectivity index (χ2v) is 17.4. The number of nitrogens with zero attached hydrogens (tertiary/aromatic N) is 11. The third kappa shape index (κ3) is 7.58. The van der Waals surface area contributed by atoms with Gasteiger partial charge in [0.05, 0.1) is 47.0 Å². The van der Waals surface area contributed by atoms with Gasteiger partial charge in [0, 0.05) is 54.3 Å². The molecule has 9 rings (SSSR count). The molecule has 308 valence electrons. The number of fused-ring (bicyclic) bond motifs is 2. The molecule has 0 unspecified atom stereocenters. The molecule has 3 aliphatic heterocycles. The lowest BCUT2D eigenvalue weighted by Crippen LogP contribution is -2.58. The number of pyridine rings is 2. The zero-order chi connectivity index (χ0) is 41.4. The second-order valence-electron chi connectivity index (χ2n) is 17.4. The third-order valence-electron chi connectivity index (χ3n) is 13.6. The first-order chi connectivity index (χ1) is 29.2. The van der Waals surface area contributed by atoms with Crippen LogP contribution in [0.1, 0.15) is 107 Å². The summed E-state index contributed by atoms with van der Waals surface area (Å²) in [6.45, 7) is 7.10. The normalized spacial score (nSPS) is 25.2. The fraction of sp³-hybridized carbons (Fsp3) is 0.489. The maximum absolute atomic E-state index is 12.8. The van der Waals surface area contributed by atoms with E-state index in [1.165, 1.54) is 56.8 Å². The number of hydrogen-bond acceptors (Lipinski definition) is 12. The summed E-state index contributed by atoms with van der Waals surface area (Å²) in [6, 6.07) is 17.1. The first-order valence-electron chi connectivity index (χ1n) is 21.5. The Labute approximate surface area is 349 Å². The van der Waals surface area contributed by atoms with Crippen LogP contribution in [0, 0.1) is 28.6 Å². The summed E-state index contributed by atoms with van der Waals surface area (Å²) >= 11 is 0. The Hall–Kier alpha value is -6.19. The van der Waals surface area contributed by atoms with Crippen molar-refractivity contribution < 1.29 is 9.59 Å². The predicted octanol–water partition coefficient (Wildman–Crippen LogP) is 6.08. The smallest absolute Gasteiger partial charge is 0.236 e. The van der Waals surface area contributed by atoms with E-state index >= 15 is 0 Å². The number of carbonyl (C=O) groups excluding carboxylic acids is 2. The van der Waals surface area contributed by atoms with Gasteiger partial charge in [-0.2, -0.15) is 20.3 Å². The summed E-state index contributed by atoms with van der Waals surface area (Å²) < 4.78 is 3.37. The number of aromatic nitrogens is 7. The van der Waals surface area contributed by atoms with E-state index in [-0.39, 0.29) is 11.8 Å². The molecule has 60 heavy (non-hydrogen) atoms. The number of rotatable bonds is 10. The lowest BCUT2D eigenvalue weighted by Gasteiger charge is -2.50. The van der Waals surface area contributed by atoms with Crippen LogP contribution in [-0.2, 0) is 15.0 Å². The van der Waals surface area contributed by atoms with E-state index in [4.69, 9.17) is 4.98 Å². The number of piperidine rings is 3. The van der Waals surface area contributed by atoms with Crippen LogP contribution >= 0.6 is 0 Å². The average molecular weight is 806 g/mol. The first kappa shape index (κ1) is 39.3. The SMILES string of the molecule is C[C@H](C#N)Nc1cc(-n2ncc3cc(C#N)cnc32)ncc1-n1cc(C2CCC(CCN3CCC[C@@H]4[C@H]3CCCN4c3ccc([C@@]4(C)CCC(=O)NC4=O)cc3)CC2)nn1. The van der Waals surface area contributed by atoms with Crippen LogP contribution in [0.15, 0.2) is 61.2 Å². The molecule has 2 N–H and O–H groups in total. The van der Waals surface area contributed by atoms with Crippen molar-refractivity contribution >= 4 is 34.2 Å². The Morgan fingerprint density at radius 2 is 1.77 bits per heavy atom. The van der Waals surface area contributed by atoms with Crippen LogP contribution in [0.3, 0.4) is 0 Å². The largest absolute Gasteiger partial charge is 0.368 e. The molecular weight excluding hydrogens is 755 g/mol. The number of carbonyl (C=O) groups is 2. The number of hydrogen-bond donors (Lipinski definition) is 2. The predicted molar refractivity (Wildman–Crippen MR) is 225 cm³/mol. The van der Waals surface area contributed by atoms with Crippen LogP contribution in [0.25, 0.3) is 22.5 Å². The monoisotopic (exact) mass is 805 g/mol. The number of likely N-dealkylation sites (tertiary alicyclic amines) is 1. The molecule has 1 aromatic carbocycles. The number of anilines is 2. The summed E-state index contributed by atoms with van der Waals surface area (Å²) in [4.78, 5) is 39.1. The summed E-state index contributed by atoms with van der Waals surface area (Å²) in [5, 5.41) is 39.1. The minimum Gasteiger partial charge on any atom is -0.368 e. The van der Waals surface area contributed by atoms with Crippen molar-refractivity contribution in [1.82, 2.24) is 45.0 Å². The van der Waals surface area contributed by atoms with Crippen molar-refractivity contribution in [3.8, 4) is 23.6 Å². The van der Waals surface area contributed by atoms with Gasteiger partial charge in [-0.15, -0.1) is 5.10 Å². The molecule has 1 aliphatic carbocycles. The van der Waals surface area contributed by atoms with Crippen molar-refractivity contribution in [3.63, 3.8) is 0 Å². The number of amides is 2. The van der Waals surface area contributed by atoms with Crippen LogP contribution in [0.2, 0.25) is 0 Å². The Morgan fingerprint density at radius 1 is 0.967 bits per heavy atom. The second kappa shape index (κ2) is 16.5. The minimum atomic E-state index is -0.676. The topological polar surface area (TPSA) is 187 Å². The van der Waals surface area contributed by atoms with Gasteiger partial charge in [-0.05, 0) is 121 Å². The number of benzene rings is 1. The van der Waals surface area contributed by atoms with Gasteiger partial charge in [-0.25, -0.2) is 14.6 Å². The summed E-state index contributed by atoms with van der Waals surface area (Å²) in [5.74, 6) is 1.17. The highest BCUT2D eigenvalue weighted by Gasteiger charge is 2.41. The van der Waals surface area contributed by atoms with Crippen LogP contribution in [-0.4, -0.2) is 89.2 Å². The highest BCUT2D eigenvalue weighted by molar-refractivity contribution is 6.03. The van der Waals surface area contributed by atoms with Crippen LogP contribution in [0.5, 0.6) is 0 Å². The molecule has 4 aliphatic rings. The van der Waals surface area contributed by atoms with Gasteiger partial charge >= 0.3 is 0 Å². The maximum atomic E-state index is 12.8. The Bertz CT molecular complexity index is 2470. The molecule has 4 aromatic heterocycles. The summed E-state index contributed by atoms with van der Waals surface area (Å²) in [7, 11) is 0. The van der Waals surface area contributed by atoms with E-state index in [1.54, 1.807) is 34.7 Å². The number of imide groups is 1. The molecule has 15 nitrogen and oxygen atoms in total. The molecule has 0 radical (unpaired) electrons. The van der Waals surface area contributed by atoms with E-state index in [2.05, 4.69) is 77.2 Å². The lowest BCUT2D eigenvalue weighted by molar-refractivity contribution is -0.137. The first-order valence-corrected chi connectivity index (χ1v) is 21.5. The molecule has 7 heterocycles. The standard InChI is InChI=1S/C45H51N13O2/c1-29(23-46)51-36-22-41(58-43-33(26-50-58)21-31(24-47)25-49-43)48-27-40(36)57-28-37(53-54-57)32-9-7-30(8-10-32)16-20-55-18-3-6-39-38(55)5-4-19-56(39)35-13-11-34(12-14-35)45(2)17-15-42(59)52-44(45)60/h11-14,21-22,25-30,32,38-39H,3-10,15-20H2,1-2H3,(H,48,51)(H,52,59,60)/t29-,30?,32?,38-,39-,45-/m1/s1. The van der Waals surface area contributed by atoms with E-state index in [1.807, 2.05) is 19.2 Å². The van der Waals surface area contributed by atoms with Crippen molar-refractivity contribution in [3.05, 3.63) is 78.0 Å². The van der Waals surface area contributed by atoms with Gasteiger partial charge in [0.25, 0.3) is 0 Å². The molecule has 15 heteroatoms. The Kier molecular flexibility index (Phi) is 10.8. The summed E-state index contributed by atoms with van der Waals surface area (Å²) in [5.41, 5.74) is 4.90. The zero-order valence-electron chi connectivity index (χ0n) is 34.3. The van der Waals surface area contributed by atoms with Crippen molar-refractivity contribution in [2.24, 2.45) is 5.92 Å². The van der Waals surface area contributed by atoms with Gasteiger partial charge in [-0.1, -0.05) is 17.3 Å². The van der Waals surface area contributed by atoms with Gasteiger partial charge in [0.15, 0.2) is 11.5 Å². The van der Waals surface area contributed by atoms with Crippen molar-refractivity contribution in [1.29, 1.82) is 10.5 Å². The molecular formula is C45H51N13O2. The van der Waals surface area contributed by atoms with E-state index in [0.29, 0.717) is 65.2 Å². The maximum Gasteiger partial charge on any atom is 0.236 e. The fourth-order valence-corrected chi connectivity index (χ4v) is 10.1. The van der Waals surface area contributed by atoms with Gasteiger partial charge in [0.2, 0.25) is 11.8 Å². The van der Waals surface area contributed by atoms with E-state index in [0.717, 1.165) is 49.1 Å². The molecule has 1 saturated carbocycles.